The average molecular weight is 307 g/mol. The number of carboxylic acids is 1. The predicted molar refractivity (Wildman–Crippen MR) is 60.3 cm³/mol. The van der Waals surface area contributed by atoms with E-state index in [-0.39, 0.29) is 11.8 Å². The fraction of sp³-hybridized carbons (Fsp3) is 0.200. The second kappa shape index (κ2) is 5.08. The maximum absolute atomic E-state index is 12.6. The Morgan fingerprint density at radius 1 is 1.35 bits per heavy atom. The summed E-state index contributed by atoms with van der Waals surface area (Å²) in [5.74, 6) is -1.70. The summed E-state index contributed by atoms with van der Waals surface area (Å²) >= 11 is 5.47. The number of hydrogen-bond acceptors (Lipinski definition) is 4. The highest BCUT2D eigenvalue weighted by Gasteiger charge is 2.39. The van der Waals surface area contributed by atoms with Crippen molar-refractivity contribution in [3.8, 4) is 0 Å². The van der Waals surface area contributed by atoms with Gasteiger partial charge in [0.25, 0.3) is 0 Å². The summed E-state index contributed by atoms with van der Waals surface area (Å²) in [4.78, 5) is 18.1. The summed E-state index contributed by atoms with van der Waals surface area (Å²) in [6.07, 6.45) is -1.41. The van der Waals surface area contributed by atoms with Gasteiger partial charge in [0.1, 0.15) is 5.56 Å². The molecule has 0 bridgehead atoms. The van der Waals surface area contributed by atoms with E-state index in [1.54, 1.807) is 0 Å². The number of carbonyl (C=O) groups is 1. The van der Waals surface area contributed by atoms with Crippen LogP contribution < -0.4 is 0 Å². The Labute approximate surface area is 114 Å². The topological polar surface area (TPSA) is 80.9 Å². The number of alkyl halides is 3. The molecule has 2 aromatic rings. The Morgan fingerprint density at radius 2 is 1.95 bits per heavy atom. The molecule has 0 atom stereocenters. The molecule has 20 heavy (non-hydrogen) atoms. The number of hydrogen-bond donors (Lipinski definition) is 1. The second-order valence-corrected chi connectivity index (χ2v) is 4.09. The summed E-state index contributed by atoms with van der Waals surface area (Å²) in [7, 11) is 0. The number of aromatic carboxylic acids is 1. The van der Waals surface area contributed by atoms with Crippen molar-refractivity contribution < 1.29 is 23.1 Å². The van der Waals surface area contributed by atoms with Crippen molar-refractivity contribution in [2.75, 3.05) is 0 Å². The van der Waals surface area contributed by atoms with Crippen LogP contribution in [0, 0.1) is 0 Å². The van der Waals surface area contributed by atoms with Gasteiger partial charge in [-0.25, -0.2) is 14.8 Å². The molecule has 0 saturated carbocycles. The molecular formula is C10H6ClF3N4O2. The molecule has 0 amide bonds. The Bertz CT molecular complexity index is 639. The van der Waals surface area contributed by atoms with Gasteiger partial charge in [-0.15, -0.1) is 0 Å². The minimum absolute atomic E-state index is 0.00331. The van der Waals surface area contributed by atoms with Crippen molar-refractivity contribution in [2.45, 2.75) is 12.7 Å². The van der Waals surface area contributed by atoms with E-state index in [9.17, 15) is 18.0 Å². The number of halogens is 4. The van der Waals surface area contributed by atoms with Crippen LogP contribution in [0.1, 0.15) is 21.6 Å². The summed E-state index contributed by atoms with van der Waals surface area (Å²) in [6, 6.07) is 0. The first kappa shape index (κ1) is 14.3. The van der Waals surface area contributed by atoms with E-state index < -0.39 is 23.4 Å². The van der Waals surface area contributed by atoms with Gasteiger partial charge in [0, 0.05) is 24.2 Å². The fourth-order valence-electron chi connectivity index (χ4n) is 1.48. The standard InChI is InChI=1S/C10H6ClF3N4O2/c11-9-15-1-5(2-16-9)3-18-4-6(8(19)20)7(17-18)10(12,13)14/h1-2,4H,3H2,(H,19,20). The van der Waals surface area contributed by atoms with E-state index >= 15 is 0 Å². The van der Waals surface area contributed by atoms with Gasteiger partial charge in [-0.3, -0.25) is 4.68 Å². The lowest BCUT2D eigenvalue weighted by molar-refractivity contribution is -0.142. The van der Waals surface area contributed by atoms with Gasteiger partial charge in [0.05, 0.1) is 6.54 Å². The third-order valence-corrected chi connectivity index (χ3v) is 2.47. The number of carboxylic acid groups (broad SMARTS) is 1. The van der Waals surface area contributed by atoms with Gasteiger partial charge in [-0.1, -0.05) is 0 Å². The van der Waals surface area contributed by atoms with Crippen molar-refractivity contribution in [1.82, 2.24) is 19.7 Å². The molecule has 106 valence electrons. The van der Waals surface area contributed by atoms with Crippen molar-refractivity contribution in [3.05, 3.63) is 40.7 Å². The lowest BCUT2D eigenvalue weighted by Gasteiger charge is -2.03. The van der Waals surface area contributed by atoms with Crippen LogP contribution in [0.5, 0.6) is 0 Å². The number of aromatic nitrogens is 4. The maximum atomic E-state index is 12.6. The molecule has 0 aromatic carbocycles. The van der Waals surface area contributed by atoms with E-state index in [0.29, 0.717) is 5.56 Å². The maximum Gasteiger partial charge on any atom is 0.436 e. The van der Waals surface area contributed by atoms with Gasteiger partial charge in [0.15, 0.2) is 5.69 Å². The van der Waals surface area contributed by atoms with E-state index in [1.165, 1.54) is 12.4 Å². The number of rotatable bonds is 3. The molecule has 0 saturated heterocycles. The summed E-state index contributed by atoms with van der Waals surface area (Å²) in [5, 5.41) is 12.0. The Hall–Kier alpha value is -2.16. The molecule has 0 aliphatic heterocycles. The molecule has 0 aliphatic carbocycles. The first-order chi connectivity index (χ1) is 9.27. The van der Waals surface area contributed by atoms with Crippen LogP contribution >= 0.6 is 11.6 Å². The van der Waals surface area contributed by atoms with Crippen LogP contribution in [0.15, 0.2) is 18.6 Å². The van der Waals surface area contributed by atoms with Crippen LogP contribution in [0.25, 0.3) is 0 Å². The molecule has 2 heterocycles. The minimum Gasteiger partial charge on any atom is -0.478 e. The van der Waals surface area contributed by atoms with Crippen LogP contribution in [0.2, 0.25) is 5.28 Å². The van der Waals surface area contributed by atoms with Crippen LogP contribution in [-0.4, -0.2) is 30.8 Å². The van der Waals surface area contributed by atoms with Gasteiger partial charge in [-0.05, 0) is 11.6 Å². The molecule has 1 N–H and O–H groups in total. The summed E-state index contributed by atoms with van der Waals surface area (Å²) in [6.45, 7) is -0.104. The third-order valence-electron chi connectivity index (χ3n) is 2.28. The van der Waals surface area contributed by atoms with Crippen molar-refractivity contribution >= 4 is 17.6 Å². The highest BCUT2D eigenvalue weighted by atomic mass is 35.5. The lowest BCUT2D eigenvalue weighted by atomic mass is 10.2. The van der Waals surface area contributed by atoms with Crippen molar-refractivity contribution in [3.63, 3.8) is 0 Å². The molecule has 2 rings (SSSR count). The molecular weight excluding hydrogens is 301 g/mol. The molecule has 0 fully saturated rings. The van der Waals surface area contributed by atoms with E-state index in [0.717, 1.165) is 10.9 Å². The highest BCUT2D eigenvalue weighted by Crippen LogP contribution is 2.30. The van der Waals surface area contributed by atoms with E-state index in [1.807, 2.05) is 0 Å². The fourth-order valence-corrected chi connectivity index (χ4v) is 1.57. The molecule has 0 aliphatic rings. The van der Waals surface area contributed by atoms with Gasteiger partial charge in [-0.2, -0.15) is 18.3 Å². The third kappa shape index (κ3) is 3.05. The van der Waals surface area contributed by atoms with Gasteiger partial charge < -0.3 is 5.11 Å². The minimum atomic E-state index is -4.84. The van der Waals surface area contributed by atoms with E-state index in [2.05, 4.69) is 15.1 Å². The zero-order chi connectivity index (χ0) is 14.9. The molecule has 2 aromatic heterocycles. The lowest BCUT2D eigenvalue weighted by Crippen LogP contribution is -2.12. The van der Waals surface area contributed by atoms with Crippen LogP contribution in [-0.2, 0) is 12.7 Å². The van der Waals surface area contributed by atoms with Crippen molar-refractivity contribution in [1.29, 1.82) is 0 Å². The largest absolute Gasteiger partial charge is 0.478 e. The SMILES string of the molecule is O=C(O)c1cn(Cc2cnc(Cl)nc2)nc1C(F)(F)F. The number of nitrogens with zero attached hydrogens (tertiary/aromatic N) is 4. The van der Waals surface area contributed by atoms with Gasteiger partial charge in [0.2, 0.25) is 5.28 Å². The summed E-state index contributed by atoms with van der Waals surface area (Å²) in [5.41, 5.74) is -1.92. The molecule has 6 nitrogen and oxygen atoms in total. The normalized spacial score (nSPS) is 11.6. The monoisotopic (exact) mass is 306 g/mol. The van der Waals surface area contributed by atoms with Crippen LogP contribution in [0.3, 0.4) is 0 Å². The second-order valence-electron chi connectivity index (χ2n) is 3.75. The average Bonchev–Trinajstić information content (AvgIpc) is 2.76. The molecule has 0 spiro atoms. The Kier molecular flexibility index (Phi) is 3.62. The summed E-state index contributed by atoms with van der Waals surface area (Å²) < 4.78 is 38.8. The zero-order valence-electron chi connectivity index (χ0n) is 9.60. The van der Waals surface area contributed by atoms with Crippen LogP contribution in [0.4, 0.5) is 13.2 Å². The van der Waals surface area contributed by atoms with Gasteiger partial charge >= 0.3 is 12.1 Å². The Balaban J connectivity index is 2.34. The highest BCUT2D eigenvalue weighted by molar-refractivity contribution is 6.28. The quantitative estimate of drug-likeness (QED) is 0.878. The molecule has 0 radical (unpaired) electrons. The first-order valence-electron chi connectivity index (χ1n) is 5.11. The Morgan fingerprint density at radius 3 is 2.40 bits per heavy atom. The molecule has 0 unspecified atom stereocenters. The zero-order valence-corrected chi connectivity index (χ0v) is 10.4. The smallest absolute Gasteiger partial charge is 0.436 e. The van der Waals surface area contributed by atoms with E-state index in [4.69, 9.17) is 16.7 Å². The first-order valence-corrected chi connectivity index (χ1v) is 5.49. The van der Waals surface area contributed by atoms with Crippen molar-refractivity contribution in [2.24, 2.45) is 0 Å². The predicted octanol–water partition coefficient (Wildman–Crippen LogP) is 2.09. The molecule has 10 heteroatoms.